The van der Waals surface area contributed by atoms with Crippen molar-refractivity contribution < 1.29 is 9.53 Å². The number of aromatic nitrogens is 2. The lowest BCUT2D eigenvalue weighted by Gasteiger charge is -2.01. The number of imidazole rings is 1. The number of halogens is 1. The Bertz CT molecular complexity index is 837. The van der Waals surface area contributed by atoms with Crippen LogP contribution in [0.15, 0.2) is 55.1 Å². The molecular weight excluding hydrogens is 391 g/mol. The fraction of sp³-hybridized carbons (Fsp3) is 0.0588. The number of aromatic amines is 1. The lowest BCUT2D eigenvalue weighted by molar-refractivity contribution is 0.0550. The Morgan fingerprint density at radius 3 is 2.77 bits per heavy atom. The molecule has 3 rings (SSSR count). The average molecular weight is 404 g/mol. The van der Waals surface area contributed by atoms with E-state index in [0.29, 0.717) is 5.56 Å². The number of esters is 1. The molecule has 1 aromatic heterocycles. The first-order chi connectivity index (χ1) is 10.7. The van der Waals surface area contributed by atoms with Gasteiger partial charge in [-0.05, 0) is 52.9 Å². The molecule has 0 amide bonds. The Kier molecular flexibility index (Phi) is 4.24. The standard InChI is InChI=1S/C17H13IN2O2/c1-2-9-22-17(21)12-5-8-14-15(10-12)20-16(19-14)11-3-6-13(18)7-4-11/h2-8,10H,1,9H2,(H,19,20). The first-order valence-corrected chi connectivity index (χ1v) is 7.79. The lowest BCUT2D eigenvalue weighted by Crippen LogP contribution is -2.04. The Labute approximate surface area is 141 Å². The molecule has 4 nitrogen and oxygen atoms in total. The number of rotatable bonds is 4. The molecule has 0 aliphatic heterocycles. The number of nitrogens with zero attached hydrogens (tertiary/aromatic N) is 1. The maximum Gasteiger partial charge on any atom is 0.338 e. The van der Waals surface area contributed by atoms with Gasteiger partial charge in [-0.1, -0.05) is 24.8 Å². The summed E-state index contributed by atoms with van der Waals surface area (Å²) in [5, 5.41) is 0. The predicted molar refractivity (Wildman–Crippen MR) is 94.7 cm³/mol. The van der Waals surface area contributed by atoms with E-state index in [0.717, 1.165) is 22.4 Å². The van der Waals surface area contributed by atoms with Crippen molar-refractivity contribution in [1.29, 1.82) is 0 Å². The number of benzene rings is 2. The summed E-state index contributed by atoms with van der Waals surface area (Å²) < 4.78 is 6.21. The minimum atomic E-state index is -0.368. The first kappa shape index (κ1) is 14.8. The van der Waals surface area contributed by atoms with Gasteiger partial charge in [-0.15, -0.1) is 0 Å². The fourth-order valence-electron chi connectivity index (χ4n) is 2.10. The second-order valence-electron chi connectivity index (χ2n) is 4.71. The molecule has 0 saturated heterocycles. The van der Waals surface area contributed by atoms with Crippen molar-refractivity contribution in [3.05, 3.63) is 64.3 Å². The van der Waals surface area contributed by atoms with Crippen molar-refractivity contribution in [3.8, 4) is 11.4 Å². The van der Waals surface area contributed by atoms with E-state index in [1.54, 1.807) is 18.2 Å². The number of ether oxygens (including phenoxy) is 1. The summed E-state index contributed by atoms with van der Waals surface area (Å²) in [7, 11) is 0. The number of H-pyrrole nitrogens is 1. The predicted octanol–water partition coefficient (Wildman–Crippen LogP) is 4.18. The van der Waals surface area contributed by atoms with E-state index in [9.17, 15) is 4.79 Å². The van der Waals surface area contributed by atoms with Crippen LogP contribution in [0, 0.1) is 3.57 Å². The summed E-state index contributed by atoms with van der Waals surface area (Å²) in [5.74, 6) is 0.412. The molecule has 5 heteroatoms. The van der Waals surface area contributed by atoms with Crippen LogP contribution in [-0.4, -0.2) is 22.5 Å². The van der Waals surface area contributed by atoms with Gasteiger partial charge in [0.25, 0.3) is 0 Å². The highest BCUT2D eigenvalue weighted by Crippen LogP contribution is 2.22. The van der Waals surface area contributed by atoms with Crippen molar-refractivity contribution in [2.24, 2.45) is 0 Å². The van der Waals surface area contributed by atoms with Gasteiger partial charge in [0.15, 0.2) is 0 Å². The topological polar surface area (TPSA) is 55.0 Å². The molecule has 0 bridgehead atoms. The van der Waals surface area contributed by atoms with Crippen LogP contribution in [0.1, 0.15) is 10.4 Å². The van der Waals surface area contributed by atoms with Crippen LogP contribution in [0.2, 0.25) is 0 Å². The van der Waals surface area contributed by atoms with Gasteiger partial charge in [-0.3, -0.25) is 0 Å². The van der Waals surface area contributed by atoms with Crippen LogP contribution in [-0.2, 0) is 4.74 Å². The minimum Gasteiger partial charge on any atom is -0.458 e. The SMILES string of the molecule is C=CCOC(=O)c1ccc2nc(-c3ccc(I)cc3)[nH]c2c1. The molecule has 1 heterocycles. The molecule has 0 atom stereocenters. The minimum absolute atomic E-state index is 0.202. The third-order valence-electron chi connectivity index (χ3n) is 3.17. The molecule has 0 fully saturated rings. The Hall–Kier alpha value is -2.15. The molecule has 0 unspecified atom stereocenters. The highest BCUT2D eigenvalue weighted by Gasteiger charge is 2.10. The molecule has 0 saturated carbocycles. The summed E-state index contributed by atoms with van der Waals surface area (Å²) >= 11 is 2.26. The summed E-state index contributed by atoms with van der Waals surface area (Å²) in [5.41, 5.74) is 3.12. The Balaban J connectivity index is 1.94. The van der Waals surface area contributed by atoms with Gasteiger partial charge in [0.2, 0.25) is 0 Å². The molecule has 0 spiro atoms. The van der Waals surface area contributed by atoms with Gasteiger partial charge < -0.3 is 9.72 Å². The number of hydrogen-bond donors (Lipinski definition) is 1. The van der Waals surface area contributed by atoms with E-state index in [1.807, 2.05) is 30.3 Å². The second-order valence-corrected chi connectivity index (χ2v) is 5.96. The third-order valence-corrected chi connectivity index (χ3v) is 3.89. The zero-order valence-corrected chi connectivity index (χ0v) is 13.8. The Morgan fingerprint density at radius 2 is 2.05 bits per heavy atom. The molecule has 1 N–H and O–H groups in total. The number of fused-ring (bicyclic) bond motifs is 1. The van der Waals surface area contributed by atoms with Crippen LogP contribution >= 0.6 is 22.6 Å². The molecule has 3 aromatic rings. The zero-order chi connectivity index (χ0) is 15.5. The smallest absolute Gasteiger partial charge is 0.338 e. The summed E-state index contributed by atoms with van der Waals surface area (Å²) in [6.45, 7) is 3.73. The summed E-state index contributed by atoms with van der Waals surface area (Å²) in [6, 6.07) is 13.4. The van der Waals surface area contributed by atoms with E-state index in [1.165, 1.54) is 3.57 Å². The van der Waals surface area contributed by atoms with E-state index in [4.69, 9.17) is 4.74 Å². The van der Waals surface area contributed by atoms with Gasteiger partial charge in [0, 0.05) is 9.13 Å². The average Bonchev–Trinajstić information content (AvgIpc) is 2.96. The van der Waals surface area contributed by atoms with E-state index < -0.39 is 0 Å². The van der Waals surface area contributed by atoms with Gasteiger partial charge in [-0.25, -0.2) is 9.78 Å². The molecule has 0 aliphatic carbocycles. The second kappa shape index (κ2) is 6.31. The van der Waals surface area contributed by atoms with Crippen molar-refractivity contribution in [1.82, 2.24) is 9.97 Å². The highest BCUT2D eigenvalue weighted by atomic mass is 127. The molecule has 0 radical (unpaired) electrons. The zero-order valence-electron chi connectivity index (χ0n) is 11.7. The van der Waals surface area contributed by atoms with Gasteiger partial charge in [-0.2, -0.15) is 0 Å². The summed E-state index contributed by atoms with van der Waals surface area (Å²) in [6.07, 6.45) is 1.54. The van der Waals surface area contributed by atoms with Crippen LogP contribution in [0.4, 0.5) is 0 Å². The maximum absolute atomic E-state index is 11.9. The third kappa shape index (κ3) is 3.04. The van der Waals surface area contributed by atoms with Crippen LogP contribution < -0.4 is 0 Å². The monoisotopic (exact) mass is 404 g/mol. The number of carbonyl (C=O) groups is 1. The van der Waals surface area contributed by atoms with Gasteiger partial charge >= 0.3 is 5.97 Å². The Morgan fingerprint density at radius 1 is 1.27 bits per heavy atom. The van der Waals surface area contributed by atoms with E-state index in [-0.39, 0.29) is 12.6 Å². The van der Waals surface area contributed by atoms with Crippen molar-refractivity contribution in [2.75, 3.05) is 6.61 Å². The number of nitrogens with one attached hydrogen (secondary N) is 1. The van der Waals surface area contributed by atoms with Crippen LogP contribution in [0.25, 0.3) is 22.4 Å². The quantitative estimate of drug-likeness (QED) is 0.403. The molecule has 22 heavy (non-hydrogen) atoms. The van der Waals surface area contributed by atoms with E-state index >= 15 is 0 Å². The molecular formula is C17H13IN2O2. The summed E-state index contributed by atoms with van der Waals surface area (Å²) in [4.78, 5) is 19.6. The number of carbonyl (C=O) groups excluding carboxylic acids is 1. The largest absolute Gasteiger partial charge is 0.458 e. The first-order valence-electron chi connectivity index (χ1n) is 6.71. The van der Waals surface area contributed by atoms with Gasteiger partial charge in [0.1, 0.15) is 12.4 Å². The normalized spacial score (nSPS) is 10.6. The maximum atomic E-state index is 11.9. The van der Waals surface area contributed by atoms with Crippen LogP contribution in [0.5, 0.6) is 0 Å². The van der Waals surface area contributed by atoms with Crippen LogP contribution in [0.3, 0.4) is 0 Å². The van der Waals surface area contributed by atoms with E-state index in [2.05, 4.69) is 39.1 Å². The molecule has 0 aliphatic rings. The van der Waals surface area contributed by atoms with Crippen molar-refractivity contribution in [2.45, 2.75) is 0 Å². The highest BCUT2D eigenvalue weighted by molar-refractivity contribution is 14.1. The molecule has 110 valence electrons. The lowest BCUT2D eigenvalue weighted by atomic mass is 10.2. The van der Waals surface area contributed by atoms with Gasteiger partial charge in [0.05, 0.1) is 16.6 Å². The van der Waals surface area contributed by atoms with Crippen molar-refractivity contribution in [3.63, 3.8) is 0 Å². The number of hydrogen-bond acceptors (Lipinski definition) is 3. The molecule has 2 aromatic carbocycles. The fourth-order valence-corrected chi connectivity index (χ4v) is 2.46. The van der Waals surface area contributed by atoms with Crippen molar-refractivity contribution >= 4 is 39.6 Å².